The molecule has 0 radical (unpaired) electrons. The van der Waals surface area contributed by atoms with Crippen molar-refractivity contribution in [2.75, 3.05) is 27.3 Å². The third-order valence-corrected chi connectivity index (χ3v) is 5.46. The maximum Gasteiger partial charge on any atom is 0.253 e. The van der Waals surface area contributed by atoms with Crippen molar-refractivity contribution in [3.05, 3.63) is 47.0 Å². The van der Waals surface area contributed by atoms with Gasteiger partial charge in [-0.2, -0.15) is 0 Å². The van der Waals surface area contributed by atoms with E-state index in [1.54, 1.807) is 38.4 Å². The Morgan fingerprint density at radius 2 is 1.65 bits per heavy atom. The quantitative estimate of drug-likeness (QED) is 0.526. The van der Waals surface area contributed by atoms with Crippen LogP contribution in [0.2, 0.25) is 0 Å². The molecule has 168 valence electrons. The molecule has 2 aromatic carbocycles. The Balaban J connectivity index is 2.08. The van der Waals surface area contributed by atoms with Crippen molar-refractivity contribution >= 4 is 5.91 Å². The van der Waals surface area contributed by atoms with Crippen LogP contribution in [0.3, 0.4) is 0 Å². The molecule has 3 rings (SSSR count). The summed E-state index contributed by atoms with van der Waals surface area (Å²) >= 11 is 0. The Morgan fingerprint density at radius 3 is 2.19 bits per heavy atom. The molecule has 1 aliphatic heterocycles. The van der Waals surface area contributed by atoms with E-state index in [-0.39, 0.29) is 37.0 Å². The number of phenolic OH excluding ortho intramolecular Hbond substituents is 2. The molecule has 1 heterocycles. The van der Waals surface area contributed by atoms with Crippen LogP contribution in [0.1, 0.15) is 28.4 Å². The van der Waals surface area contributed by atoms with E-state index in [1.165, 1.54) is 11.0 Å². The van der Waals surface area contributed by atoms with Gasteiger partial charge in [-0.25, -0.2) is 0 Å². The highest BCUT2D eigenvalue weighted by atomic mass is 16.7. The van der Waals surface area contributed by atoms with Crippen molar-refractivity contribution in [1.29, 1.82) is 0 Å². The number of hydrogen-bond donors (Lipinski definition) is 4. The first-order chi connectivity index (χ1) is 14.8. The summed E-state index contributed by atoms with van der Waals surface area (Å²) in [5.74, 6) is -0.347. The highest BCUT2D eigenvalue weighted by Crippen LogP contribution is 2.41. The summed E-state index contributed by atoms with van der Waals surface area (Å²) in [5.41, 5.74) is 2.80. The third kappa shape index (κ3) is 4.67. The second kappa shape index (κ2) is 9.65. The van der Waals surface area contributed by atoms with Crippen molar-refractivity contribution in [1.82, 2.24) is 4.90 Å². The van der Waals surface area contributed by atoms with Gasteiger partial charge < -0.3 is 34.8 Å². The topological polar surface area (TPSA) is 120 Å². The molecule has 0 saturated carbocycles. The second-order valence-corrected chi connectivity index (χ2v) is 7.73. The van der Waals surface area contributed by atoms with E-state index < -0.39 is 18.5 Å². The molecule has 1 amide bonds. The lowest BCUT2D eigenvalue weighted by atomic mass is 9.89. The first kappa shape index (κ1) is 23.0. The number of rotatable bonds is 7. The van der Waals surface area contributed by atoms with Gasteiger partial charge in [0.25, 0.3) is 5.91 Å². The first-order valence-corrected chi connectivity index (χ1v) is 10.2. The van der Waals surface area contributed by atoms with E-state index in [0.717, 1.165) is 0 Å². The van der Waals surface area contributed by atoms with Crippen LogP contribution >= 0.6 is 0 Å². The van der Waals surface area contributed by atoms with E-state index in [9.17, 15) is 25.2 Å². The summed E-state index contributed by atoms with van der Waals surface area (Å²) in [7, 11) is 3.33. The summed E-state index contributed by atoms with van der Waals surface area (Å²) in [4.78, 5) is 13.9. The predicted molar refractivity (Wildman–Crippen MR) is 114 cm³/mol. The van der Waals surface area contributed by atoms with Gasteiger partial charge in [0.2, 0.25) is 0 Å². The molecule has 2 aromatic rings. The van der Waals surface area contributed by atoms with Gasteiger partial charge in [-0.1, -0.05) is 19.1 Å². The van der Waals surface area contributed by atoms with Gasteiger partial charge in [0, 0.05) is 37.7 Å². The summed E-state index contributed by atoms with van der Waals surface area (Å²) in [6.45, 7) is 1.29. The zero-order chi connectivity index (χ0) is 22.7. The largest absolute Gasteiger partial charge is 0.508 e. The highest BCUT2D eigenvalue weighted by Gasteiger charge is 2.36. The number of carbonyl (C=O) groups excluding carboxylic acids is 1. The van der Waals surface area contributed by atoms with Crippen LogP contribution in [0.4, 0.5) is 0 Å². The Kier molecular flexibility index (Phi) is 7.17. The Labute approximate surface area is 181 Å². The van der Waals surface area contributed by atoms with E-state index in [4.69, 9.17) is 9.47 Å². The Hall–Kier alpha value is -2.65. The lowest BCUT2D eigenvalue weighted by Gasteiger charge is -2.20. The number of nitrogens with zero attached hydrogens (tertiary/aromatic N) is 1. The lowest BCUT2D eigenvalue weighted by Crippen LogP contribution is -2.29. The molecule has 1 aliphatic rings. The monoisotopic (exact) mass is 431 g/mol. The smallest absolute Gasteiger partial charge is 0.253 e. The molecule has 8 heteroatoms. The molecular formula is C23H29NO7. The zero-order valence-corrected chi connectivity index (χ0v) is 17.9. The number of aliphatic hydroxyl groups excluding tert-OH is 2. The SMILES string of the molecule is CCc1c(O)cc(O)c(-c2cccc(C(=O)N(C)C)c2)c1CC1O[C@H](CO)[C@@H](CO)O1. The first-order valence-electron chi connectivity index (χ1n) is 10.2. The number of amides is 1. The fraction of sp³-hybridized carbons (Fsp3) is 0.435. The zero-order valence-electron chi connectivity index (χ0n) is 17.9. The van der Waals surface area contributed by atoms with Crippen LogP contribution in [-0.2, 0) is 22.3 Å². The molecule has 1 saturated heterocycles. The normalized spacial score (nSPS) is 19.0. The van der Waals surface area contributed by atoms with Gasteiger partial charge in [0.1, 0.15) is 23.7 Å². The van der Waals surface area contributed by atoms with Gasteiger partial charge in [0.05, 0.1) is 13.2 Å². The molecular weight excluding hydrogens is 402 g/mol. The van der Waals surface area contributed by atoms with Crippen molar-refractivity contribution in [2.45, 2.75) is 38.3 Å². The van der Waals surface area contributed by atoms with Crippen LogP contribution in [0.15, 0.2) is 30.3 Å². The lowest BCUT2D eigenvalue weighted by molar-refractivity contribution is -0.0725. The molecule has 0 bridgehead atoms. The Bertz CT molecular complexity index is 932. The van der Waals surface area contributed by atoms with Crippen LogP contribution in [-0.4, -0.2) is 77.0 Å². The molecule has 0 aliphatic carbocycles. The number of hydrogen-bond acceptors (Lipinski definition) is 7. The fourth-order valence-electron chi connectivity index (χ4n) is 3.94. The van der Waals surface area contributed by atoms with Crippen LogP contribution in [0.5, 0.6) is 11.5 Å². The van der Waals surface area contributed by atoms with Crippen molar-refractivity contribution in [2.24, 2.45) is 0 Å². The molecule has 2 atom stereocenters. The van der Waals surface area contributed by atoms with Crippen LogP contribution in [0, 0.1) is 0 Å². The number of phenols is 2. The Morgan fingerprint density at radius 1 is 1.00 bits per heavy atom. The molecule has 1 fully saturated rings. The molecule has 0 aromatic heterocycles. The average molecular weight is 431 g/mol. The number of benzene rings is 2. The molecule has 0 spiro atoms. The standard InChI is InChI=1S/C23H29NO7/c1-4-15-16(9-21-30-19(11-25)20(12-26)31-21)22(18(28)10-17(15)27)13-6-5-7-14(8-13)23(29)24(2)3/h5-8,10,19-21,25-28H,4,9,11-12H2,1-3H3/t19-,20-/m1/s1. The minimum Gasteiger partial charge on any atom is -0.508 e. The molecule has 4 N–H and O–H groups in total. The average Bonchev–Trinajstić information content (AvgIpc) is 3.15. The second-order valence-electron chi connectivity index (χ2n) is 7.73. The maximum absolute atomic E-state index is 12.4. The number of aliphatic hydroxyl groups is 2. The van der Waals surface area contributed by atoms with E-state index in [2.05, 4.69) is 0 Å². The predicted octanol–water partition coefficient (Wildman–Crippen LogP) is 1.67. The van der Waals surface area contributed by atoms with Crippen LogP contribution < -0.4 is 0 Å². The van der Waals surface area contributed by atoms with E-state index in [0.29, 0.717) is 34.2 Å². The number of ether oxygens (including phenoxy) is 2. The third-order valence-electron chi connectivity index (χ3n) is 5.46. The van der Waals surface area contributed by atoms with Crippen molar-refractivity contribution < 1.29 is 34.7 Å². The van der Waals surface area contributed by atoms with Gasteiger partial charge in [0.15, 0.2) is 6.29 Å². The van der Waals surface area contributed by atoms with Gasteiger partial charge >= 0.3 is 0 Å². The van der Waals surface area contributed by atoms with Gasteiger partial charge in [-0.3, -0.25) is 4.79 Å². The number of aromatic hydroxyl groups is 2. The molecule has 8 nitrogen and oxygen atoms in total. The van der Waals surface area contributed by atoms with Gasteiger partial charge in [-0.15, -0.1) is 0 Å². The number of carbonyl (C=O) groups is 1. The molecule has 0 unspecified atom stereocenters. The maximum atomic E-state index is 12.4. The van der Waals surface area contributed by atoms with E-state index in [1.807, 2.05) is 6.92 Å². The van der Waals surface area contributed by atoms with Crippen molar-refractivity contribution in [3.8, 4) is 22.6 Å². The summed E-state index contributed by atoms with van der Waals surface area (Å²) in [6, 6.07) is 8.21. The summed E-state index contributed by atoms with van der Waals surface area (Å²) in [6.07, 6.45) is -1.42. The summed E-state index contributed by atoms with van der Waals surface area (Å²) < 4.78 is 11.5. The van der Waals surface area contributed by atoms with Gasteiger partial charge in [-0.05, 0) is 35.2 Å². The van der Waals surface area contributed by atoms with Crippen LogP contribution in [0.25, 0.3) is 11.1 Å². The van der Waals surface area contributed by atoms with Crippen molar-refractivity contribution in [3.63, 3.8) is 0 Å². The minimum absolute atomic E-state index is 0.0466. The fourth-order valence-corrected chi connectivity index (χ4v) is 3.94. The summed E-state index contributed by atoms with van der Waals surface area (Å²) in [5, 5.41) is 40.1. The minimum atomic E-state index is -0.772. The van der Waals surface area contributed by atoms with E-state index >= 15 is 0 Å². The highest BCUT2D eigenvalue weighted by molar-refractivity contribution is 5.95. The molecule has 31 heavy (non-hydrogen) atoms.